The first-order valence-electron chi connectivity index (χ1n) is 10.9. The molecule has 0 aliphatic carbocycles. The van der Waals surface area contributed by atoms with Crippen LogP contribution in [0.4, 0.5) is 0 Å². The van der Waals surface area contributed by atoms with Crippen LogP contribution in [0.2, 0.25) is 5.04 Å². The van der Waals surface area contributed by atoms with Crippen molar-refractivity contribution < 1.29 is 18.8 Å². The number of nitrogens with one attached hydrogen (secondary N) is 1. The molecule has 1 heterocycles. The molecule has 1 N–H and O–H groups in total. The lowest BCUT2D eigenvalue weighted by Gasteiger charge is -2.44. The zero-order valence-electron chi connectivity index (χ0n) is 19.2. The van der Waals surface area contributed by atoms with Crippen LogP contribution >= 0.6 is 11.6 Å². The number of esters is 1. The predicted molar refractivity (Wildman–Crippen MR) is 130 cm³/mol. The summed E-state index contributed by atoms with van der Waals surface area (Å²) in [5.74, 6) is -0.791. The van der Waals surface area contributed by atoms with Gasteiger partial charge in [0.2, 0.25) is 0 Å². The topological polar surface area (TPSA) is 64.6 Å². The molecule has 0 aromatic heterocycles. The first-order valence-corrected chi connectivity index (χ1v) is 13.3. The van der Waals surface area contributed by atoms with E-state index in [-0.39, 0.29) is 29.2 Å². The molecular formula is C25H32ClNO4Si. The Kier molecular flexibility index (Phi) is 7.60. The summed E-state index contributed by atoms with van der Waals surface area (Å²) in [6.45, 7) is 7.10. The van der Waals surface area contributed by atoms with Gasteiger partial charge in [-0.1, -0.05) is 81.4 Å². The molecule has 0 radical (unpaired) electrons. The van der Waals surface area contributed by atoms with E-state index >= 15 is 0 Å². The number of ether oxygens (including phenoxy) is 1. The number of carbonyl (C=O) groups is 2. The van der Waals surface area contributed by atoms with Gasteiger partial charge in [0.05, 0.1) is 19.1 Å². The smallest absolute Gasteiger partial charge is 0.326 e. The summed E-state index contributed by atoms with van der Waals surface area (Å²) in [5, 5.41) is 5.42. The third kappa shape index (κ3) is 4.69. The average molecular weight is 474 g/mol. The van der Waals surface area contributed by atoms with E-state index in [2.05, 4.69) is 50.4 Å². The van der Waals surface area contributed by atoms with Crippen LogP contribution in [0.1, 0.15) is 33.6 Å². The van der Waals surface area contributed by atoms with Gasteiger partial charge in [-0.3, -0.25) is 14.9 Å². The van der Waals surface area contributed by atoms with Crippen LogP contribution in [0.15, 0.2) is 60.7 Å². The molecular weight excluding hydrogens is 442 g/mol. The summed E-state index contributed by atoms with van der Waals surface area (Å²) in [7, 11) is -1.43. The molecule has 1 saturated heterocycles. The summed E-state index contributed by atoms with van der Waals surface area (Å²) in [5.41, 5.74) is -1.11. The van der Waals surface area contributed by atoms with Gasteiger partial charge in [0.1, 0.15) is 11.3 Å². The minimum Gasteiger partial charge on any atom is -0.468 e. The van der Waals surface area contributed by atoms with Crippen molar-refractivity contribution >= 4 is 42.0 Å². The lowest BCUT2D eigenvalue weighted by atomic mass is 9.91. The van der Waals surface area contributed by atoms with Crippen molar-refractivity contribution in [2.24, 2.45) is 0 Å². The molecule has 5 nitrogen and oxygen atoms in total. The van der Waals surface area contributed by atoms with E-state index < -0.39 is 19.8 Å². The monoisotopic (exact) mass is 473 g/mol. The fourth-order valence-electron chi connectivity index (χ4n) is 4.81. The number of rotatable bonds is 8. The Labute approximate surface area is 196 Å². The molecule has 1 aliphatic rings. The summed E-state index contributed by atoms with van der Waals surface area (Å²) in [4.78, 5) is 24.9. The Balaban J connectivity index is 2.05. The molecule has 1 aliphatic heterocycles. The lowest BCUT2D eigenvalue weighted by Crippen LogP contribution is -2.67. The average Bonchev–Trinajstić information content (AvgIpc) is 3.20. The van der Waals surface area contributed by atoms with Crippen molar-refractivity contribution in [1.29, 1.82) is 0 Å². The maximum Gasteiger partial charge on any atom is 0.326 e. The molecule has 7 heteroatoms. The maximum absolute atomic E-state index is 12.7. The summed E-state index contributed by atoms with van der Waals surface area (Å²) >= 11 is 5.75. The number of methoxy groups -OCH3 is 1. The SMILES string of the molecule is COC(=O)[C@@]1(CC(=O)CCl)C[C@H](O[Si](c2ccccc2)(c2ccccc2)C(C)(C)C)CN1. The van der Waals surface area contributed by atoms with E-state index in [1.807, 2.05) is 36.4 Å². The number of ketones is 1. The Morgan fingerprint density at radius 1 is 1.06 bits per heavy atom. The number of alkyl halides is 1. The molecule has 2 atom stereocenters. The maximum atomic E-state index is 12.7. The normalized spacial score (nSPS) is 21.3. The minimum absolute atomic E-state index is 0.0101. The van der Waals surface area contributed by atoms with Crippen LogP contribution in [0.3, 0.4) is 0 Å². The molecule has 172 valence electrons. The van der Waals surface area contributed by atoms with Crippen LogP contribution in [-0.4, -0.2) is 51.2 Å². The zero-order valence-corrected chi connectivity index (χ0v) is 20.9. The Hall–Kier alpha value is -1.99. The fourth-order valence-corrected chi connectivity index (χ4v) is 9.58. The number of hydrogen-bond donors (Lipinski definition) is 1. The number of halogens is 1. The van der Waals surface area contributed by atoms with Gasteiger partial charge in [0, 0.05) is 19.4 Å². The Morgan fingerprint density at radius 3 is 2.03 bits per heavy atom. The molecule has 1 fully saturated rings. The van der Waals surface area contributed by atoms with Gasteiger partial charge in [0.25, 0.3) is 8.32 Å². The van der Waals surface area contributed by atoms with Gasteiger partial charge < -0.3 is 9.16 Å². The summed E-state index contributed by atoms with van der Waals surface area (Å²) in [6.07, 6.45) is 0.0832. The van der Waals surface area contributed by atoms with Gasteiger partial charge >= 0.3 is 5.97 Å². The van der Waals surface area contributed by atoms with Crippen molar-refractivity contribution in [2.45, 2.75) is 50.3 Å². The van der Waals surface area contributed by atoms with Gasteiger partial charge in [-0.15, -0.1) is 11.6 Å². The van der Waals surface area contributed by atoms with E-state index in [0.29, 0.717) is 13.0 Å². The first kappa shape index (κ1) is 24.6. The lowest BCUT2D eigenvalue weighted by molar-refractivity contribution is -0.150. The second-order valence-electron chi connectivity index (χ2n) is 9.41. The predicted octanol–water partition coefficient (Wildman–Crippen LogP) is 3.03. The van der Waals surface area contributed by atoms with Crippen molar-refractivity contribution in [3.63, 3.8) is 0 Å². The highest BCUT2D eigenvalue weighted by Gasteiger charge is 2.55. The zero-order chi connectivity index (χ0) is 23.4. The fraction of sp³-hybridized carbons (Fsp3) is 0.440. The number of Topliss-reactive ketones (excluding diaryl/α,β-unsaturated/α-hetero) is 1. The number of hydrogen-bond acceptors (Lipinski definition) is 5. The third-order valence-electron chi connectivity index (χ3n) is 6.23. The van der Waals surface area contributed by atoms with Crippen LogP contribution in [-0.2, 0) is 18.8 Å². The molecule has 2 aromatic carbocycles. The molecule has 32 heavy (non-hydrogen) atoms. The number of carbonyl (C=O) groups excluding carboxylic acids is 2. The molecule has 0 spiro atoms. The minimum atomic E-state index is -2.77. The highest BCUT2D eigenvalue weighted by atomic mass is 35.5. The largest absolute Gasteiger partial charge is 0.468 e. The van der Waals surface area contributed by atoms with Crippen LogP contribution in [0.25, 0.3) is 0 Å². The van der Waals surface area contributed by atoms with E-state index in [1.54, 1.807) is 0 Å². The molecule has 3 rings (SSSR count). The Bertz CT molecular complexity index is 892. The van der Waals surface area contributed by atoms with E-state index in [9.17, 15) is 9.59 Å². The van der Waals surface area contributed by atoms with Gasteiger partial charge in [-0.25, -0.2) is 0 Å². The van der Waals surface area contributed by atoms with Crippen molar-refractivity contribution in [3.05, 3.63) is 60.7 Å². The van der Waals surface area contributed by atoms with Gasteiger partial charge in [-0.05, 0) is 15.4 Å². The van der Waals surface area contributed by atoms with Crippen molar-refractivity contribution in [2.75, 3.05) is 19.5 Å². The van der Waals surface area contributed by atoms with E-state index in [1.165, 1.54) is 17.5 Å². The summed E-state index contributed by atoms with van der Waals surface area (Å²) < 4.78 is 12.2. The molecule has 0 bridgehead atoms. The van der Waals surface area contributed by atoms with Gasteiger partial charge in [0.15, 0.2) is 0 Å². The standard InChI is InChI=1S/C25H32ClNO4Si/c1-24(2,3)32(21-11-7-5-8-12-21,22-13-9-6-10-14-22)31-20-16-25(27-18-20,23(29)30-4)15-19(28)17-26/h5-14,20,27H,15-18H2,1-4H3/t20-,25+/m0/s1. The van der Waals surface area contributed by atoms with Crippen molar-refractivity contribution in [3.8, 4) is 0 Å². The van der Waals surface area contributed by atoms with E-state index in [4.69, 9.17) is 20.8 Å². The molecule has 0 unspecified atom stereocenters. The van der Waals surface area contributed by atoms with Crippen LogP contribution in [0.5, 0.6) is 0 Å². The highest BCUT2D eigenvalue weighted by molar-refractivity contribution is 6.99. The van der Waals surface area contributed by atoms with Crippen LogP contribution in [0, 0.1) is 0 Å². The van der Waals surface area contributed by atoms with Crippen molar-refractivity contribution in [1.82, 2.24) is 5.32 Å². The van der Waals surface area contributed by atoms with Crippen LogP contribution < -0.4 is 15.7 Å². The second kappa shape index (κ2) is 9.87. The third-order valence-corrected chi connectivity index (χ3v) is 11.6. The quantitative estimate of drug-likeness (QED) is 0.362. The molecule has 2 aromatic rings. The molecule has 0 saturated carbocycles. The first-order chi connectivity index (χ1) is 15.2. The molecule has 0 amide bonds. The Morgan fingerprint density at radius 2 is 1.59 bits per heavy atom. The highest BCUT2D eigenvalue weighted by Crippen LogP contribution is 2.39. The second-order valence-corrected chi connectivity index (χ2v) is 13.9. The number of benzene rings is 2. The summed E-state index contributed by atoms with van der Waals surface area (Å²) in [6, 6.07) is 20.7. The van der Waals surface area contributed by atoms with Gasteiger partial charge in [-0.2, -0.15) is 0 Å². The van der Waals surface area contributed by atoms with E-state index in [0.717, 1.165) is 0 Å².